The Morgan fingerprint density at radius 1 is 1.00 bits per heavy atom. The highest BCUT2D eigenvalue weighted by molar-refractivity contribution is 7.89. The molecule has 2 aromatic carbocycles. The maximum absolute atomic E-state index is 13.1. The van der Waals surface area contributed by atoms with Gasteiger partial charge in [-0.05, 0) is 24.3 Å². The van der Waals surface area contributed by atoms with E-state index in [-0.39, 0.29) is 37.1 Å². The number of benzene rings is 2. The van der Waals surface area contributed by atoms with Crippen molar-refractivity contribution in [2.24, 2.45) is 0 Å². The van der Waals surface area contributed by atoms with Crippen LogP contribution in [0.1, 0.15) is 0 Å². The topological polar surface area (TPSA) is 82.6 Å². The third kappa shape index (κ3) is 4.35. The minimum Gasteiger partial charge on any atom is -0.322 e. The number of halogens is 1. The van der Waals surface area contributed by atoms with Crippen LogP contribution in [0.4, 0.5) is 14.3 Å². The fraction of sp³-hybridized carbons (Fsp3) is 0.200. The summed E-state index contributed by atoms with van der Waals surface area (Å²) < 4.78 is 39.7. The van der Waals surface area contributed by atoms with Gasteiger partial charge in [0.1, 0.15) is 5.82 Å². The molecule has 3 aromatic rings. The van der Waals surface area contributed by atoms with Gasteiger partial charge in [-0.2, -0.15) is 4.31 Å². The van der Waals surface area contributed by atoms with Gasteiger partial charge >= 0.3 is 6.03 Å². The molecule has 1 saturated heterocycles. The lowest BCUT2D eigenvalue weighted by Crippen LogP contribution is -2.51. The zero-order valence-corrected chi connectivity index (χ0v) is 17.5. The van der Waals surface area contributed by atoms with Gasteiger partial charge in [0.05, 0.1) is 10.6 Å². The molecule has 2 amide bonds. The van der Waals surface area contributed by atoms with Gasteiger partial charge in [0.25, 0.3) is 0 Å². The lowest BCUT2D eigenvalue weighted by atomic mass is 10.2. The third-order valence-electron chi connectivity index (χ3n) is 4.76. The number of amides is 2. The van der Waals surface area contributed by atoms with Gasteiger partial charge in [-0.1, -0.05) is 30.3 Å². The van der Waals surface area contributed by atoms with E-state index in [1.54, 1.807) is 4.90 Å². The van der Waals surface area contributed by atoms with E-state index in [0.717, 1.165) is 23.4 Å². The van der Waals surface area contributed by atoms with Crippen molar-refractivity contribution in [3.63, 3.8) is 0 Å². The molecule has 2 heterocycles. The van der Waals surface area contributed by atoms with Gasteiger partial charge in [-0.25, -0.2) is 22.6 Å². The van der Waals surface area contributed by atoms with Crippen LogP contribution in [0.15, 0.2) is 64.9 Å². The average molecular weight is 447 g/mol. The Hall–Kier alpha value is -2.82. The molecular weight excluding hydrogens is 427 g/mol. The molecule has 0 unspecified atom stereocenters. The fourth-order valence-electron chi connectivity index (χ4n) is 3.13. The first-order valence-corrected chi connectivity index (χ1v) is 11.6. The number of carbonyl (C=O) groups is 1. The first-order chi connectivity index (χ1) is 14.4. The number of piperazine rings is 1. The molecule has 7 nitrogen and oxygen atoms in total. The van der Waals surface area contributed by atoms with Crippen molar-refractivity contribution in [2.75, 3.05) is 31.5 Å². The van der Waals surface area contributed by atoms with Crippen LogP contribution in [0.3, 0.4) is 0 Å². The van der Waals surface area contributed by atoms with E-state index in [1.807, 2.05) is 35.7 Å². The second-order valence-electron chi connectivity index (χ2n) is 6.68. The lowest BCUT2D eigenvalue weighted by molar-refractivity contribution is 0.184. The summed E-state index contributed by atoms with van der Waals surface area (Å²) >= 11 is 1.33. The SMILES string of the molecule is O=C(Nc1nc(-c2ccccc2)cs1)N1CCN(S(=O)(=O)c2ccc(F)cc2)CC1. The molecule has 0 saturated carbocycles. The Balaban J connectivity index is 1.36. The van der Waals surface area contributed by atoms with Crippen LogP contribution in [0.2, 0.25) is 0 Å². The van der Waals surface area contributed by atoms with Crippen LogP contribution in [0.25, 0.3) is 11.3 Å². The molecule has 1 N–H and O–H groups in total. The predicted octanol–water partition coefficient (Wildman–Crippen LogP) is 3.49. The van der Waals surface area contributed by atoms with Crippen molar-refractivity contribution in [1.29, 1.82) is 0 Å². The van der Waals surface area contributed by atoms with E-state index >= 15 is 0 Å². The maximum atomic E-state index is 13.1. The minimum absolute atomic E-state index is 0.0398. The highest BCUT2D eigenvalue weighted by Crippen LogP contribution is 2.25. The van der Waals surface area contributed by atoms with Gasteiger partial charge in [-0.15, -0.1) is 11.3 Å². The molecule has 0 aliphatic carbocycles. The first kappa shape index (κ1) is 20.5. The van der Waals surface area contributed by atoms with Crippen molar-refractivity contribution in [2.45, 2.75) is 4.90 Å². The molecule has 1 fully saturated rings. The number of nitrogens with zero attached hydrogens (tertiary/aromatic N) is 3. The second kappa shape index (κ2) is 8.50. The summed E-state index contributed by atoms with van der Waals surface area (Å²) in [6, 6.07) is 14.1. The van der Waals surface area contributed by atoms with Crippen molar-refractivity contribution >= 4 is 32.5 Å². The molecule has 0 atom stereocenters. The van der Waals surface area contributed by atoms with Gasteiger partial charge in [-0.3, -0.25) is 5.32 Å². The summed E-state index contributed by atoms with van der Waals surface area (Å²) in [7, 11) is -3.72. The molecule has 30 heavy (non-hydrogen) atoms. The minimum atomic E-state index is -3.72. The standard InChI is InChI=1S/C20H19FN4O3S2/c21-16-6-8-17(9-7-16)30(27,28)25-12-10-24(11-13-25)20(26)23-19-22-18(14-29-19)15-4-2-1-3-5-15/h1-9,14H,10-13H2,(H,22,23,26). The summed E-state index contributed by atoms with van der Waals surface area (Å²) in [4.78, 5) is 18.6. The Labute approximate surface area is 177 Å². The number of sulfonamides is 1. The molecule has 156 valence electrons. The largest absolute Gasteiger partial charge is 0.323 e. The molecule has 0 spiro atoms. The Kier molecular flexibility index (Phi) is 5.80. The van der Waals surface area contributed by atoms with Crippen molar-refractivity contribution in [1.82, 2.24) is 14.2 Å². The van der Waals surface area contributed by atoms with Gasteiger partial charge in [0, 0.05) is 37.1 Å². The van der Waals surface area contributed by atoms with Gasteiger partial charge in [0.15, 0.2) is 5.13 Å². The second-order valence-corrected chi connectivity index (χ2v) is 9.48. The number of anilines is 1. The summed E-state index contributed by atoms with van der Waals surface area (Å²) in [5.41, 5.74) is 1.75. The number of urea groups is 1. The van der Waals surface area contributed by atoms with E-state index in [4.69, 9.17) is 0 Å². The summed E-state index contributed by atoms with van der Waals surface area (Å²) in [5, 5.41) is 5.14. The summed E-state index contributed by atoms with van der Waals surface area (Å²) in [5.74, 6) is -0.493. The van der Waals surface area contributed by atoms with Crippen molar-refractivity contribution in [3.05, 3.63) is 65.8 Å². The summed E-state index contributed by atoms with van der Waals surface area (Å²) in [6.45, 7) is 0.840. The fourth-order valence-corrected chi connectivity index (χ4v) is 5.26. The molecular formula is C20H19FN4O3S2. The van der Waals surface area contributed by atoms with Crippen LogP contribution >= 0.6 is 11.3 Å². The van der Waals surface area contributed by atoms with E-state index in [1.165, 1.54) is 27.8 Å². The normalized spacial score (nSPS) is 15.2. The average Bonchev–Trinajstić information content (AvgIpc) is 3.23. The first-order valence-electron chi connectivity index (χ1n) is 9.26. The number of aromatic nitrogens is 1. The number of nitrogens with one attached hydrogen (secondary N) is 1. The number of hydrogen-bond donors (Lipinski definition) is 1. The Morgan fingerprint density at radius 2 is 1.67 bits per heavy atom. The molecule has 1 aliphatic heterocycles. The summed E-state index contributed by atoms with van der Waals surface area (Å²) in [6.07, 6.45) is 0. The number of rotatable bonds is 4. The Bertz CT molecular complexity index is 1130. The van der Waals surface area contributed by atoms with E-state index in [2.05, 4.69) is 10.3 Å². The van der Waals surface area contributed by atoms with Gasteiger partial charge < -0.3 is 4.90 Å². The number of thiazole rings is 1. The molecule has 1 aliphatic rings. The number of carbonyl (C=O) groups excluding carboxylic acids is 1. The zero-order chi connectivity index (χ0) is 21.1. The highest BCUT2D eigenvalue weighted by Gasteiger charge is 2.30. The van der Waals surface area contributed by atoms with E-state index < -0.39 is 15.8 Å². The van der Waals surface area contributed by atoms with Crippen LogP contribution in [-0.2, 0) is 10.0 Å². The molecule has 10 heteroatoms. The molecule has 0 radical (unpaired) electrons. The van der Waals surface area contributed by atoms with E-state index in [0.29, 0.717) is 5.13 Å². The molecule has 1 aromatic heterocycles. The van der Waals surface area contributed by atoms with Crippen LogP contribution < -0.4 is 5.32 Å². The highest BCUT2D eigenvalue weighted by atomic mass is 32.2. The maximum Gasteiger partial charge on any atom is 0.323 e. The van der Waals surface area contributed by atoms with Crippen molar-refractivity contribution < 1.29 is 17.6 Å². The molecule has 0 bridgehead atoms. The van der Waals surface area contributed by atoms with Crippen molar-refractivity contribution in [3.8, 4) is 11.3 Å². The zero-order valence-electron chi connectivity index (χ0n) is 15.9. The van der Waals surface area contributed by atoms with Gasteiger partial charge in [0.2, 0.25) is 10.0 Å². The third-order valence-corrected chi connectivity index (χ3v) is 7.44. The smallest absolute Gasteiger partial charge is 0.322 e. The van der Waals surface area contributed by atoms with E-state index in [9.17, 15) is 17.6 Å². The monoisotopic (exact) mass is 446 g/mol. The lowest BCUT2D eigenvalue weighted by Gasteiger charge is -2.33. The predicted molar refractivity (Wildman–Crippen MR) is 113 cm³/mol. The number of hydrogen-bond acceptors (Lipinski definition) is 5. The van der Waals surface area contributed by atoms with Crippen LogP contribution in [-0.4, -0.2) is 54.8 Å². The quantitative estimate of drug-likeness (QED) is 0.665. The Morgan fingerprint density at radius 3 is 2.33 bits per heavy atom. The molecule has 4 rings (SSSR count). The van der Waals surface area contributed by atoms with Crippen LogP contribution in [0.5, 0.6) is 0 Å². The van der Waals surface area contributed by atoms with Crippen LogP contribution in [0, 0.1) is 5.82 Å².